The molecule has 4 heterocycles. The lowest BCUT2D eigenvalue weighted by Crippen LogP contribution is -2.43. The molecular weight excluding hydrogens is 348 g/mol. The monoisotopic (exact) mass is 374 g/mol. The Bertz CT molecular complexity index is 789. The Kier molecular flexibility index (Phi) is 4.84. The van der Waals surface area contributed by atoms with E-state index >= 15 is 0 Å². The first-order chi connectivity index (χ1) is 12.6. The fraction of sp³-hybridized carbons (Fsp3) is 0.632. The van der Waals surface area contributed by atoms with Crippen molar-refractivity contribution in [3.05, 3.63) is 33.5 Å². The summed E-state index contributed by atoms with van der Waals surface area (Å²) in [6.45, 7) is 5.22. The predicted molar refractivity (Wildman–Crippen MR) is 100 cm³/mol. The van der Waals surface area contributed by atoms with Gasteiger partial charge in [0.25, 0.3) is 5.91 Å². The molecule has 1 saturated heterocycles. The second kappa shape index (κ2) is 7.12. The highest BCUT2D eigenvalue weighted by atomic mass is 32.1. The summed E-state index contributed by atoms with van der Waals surface area (Å²) in [5.74, 6) is 2.22. The molecule has 0 aliphatic carbocycles. The van der Waals surface area contributed by atoms with Gasteiger partial charge in [0, 0.05) is 33.2 Å². The first kappa shape index (κ1) is 17.7. The van der Waals surface area contributed by atoms with E-state index in [1.165, 1.54) is 0 Å². The summed E-state index contributed by atoms with van der Waals surface area (Å²) in [5, 5.41) is 10.6. The third kappa shape index (κ3) is 3.18. The molecule has 6 nitrogen and oxygen atoms in total. The van der Waals surface area contributed by atoms with Gasteiger partial charge >= 0.3 is 0 Å². The van der Waals surface area contributed by atoms with Gasteiger partial charge in [0.05, 0.1) is 4.88 Å². The van der Waals surface area contributed by atoms with E-state index in [4.69, 9.17) is 4.74 Å². The highest BCUT2D eigenvalue weighted by Gasteiger charge is 2.38. The van der Waals surface area contributed by atoms with Gasteiger partial charge in [-0.2, -0.15) is 0 Å². The Morgan fingerprint density at radius 1 is 1.23 bits per heavy atom. The number of rotatable bonds is 3. The van der Waals surface area contributed by atoms with Crippen LogP contribution < -0.4 is 0 Å². The van der Waals surface area contributed by atoms with Crippen LogP contribution in [0, 0.1) is 12.3 Å². The Balaban J connectivity index is 1.41. The van der Waals surface area contributed by atoms with Crippen molar-refractivity contribution in [2.75, 3.05) is 20.2 Å². The van der Waals surface area contributed by atoms with E-state index < -0.39 is 0 Å². The van der Waals surface area contributed by atoms with E-state index in [1.54, 1.807) is 18.4 Å². The molecule has 4 rings (SSSR count). The van der Waals surface area contributed by atoms with E-state index in [0.29, 0.717) is 12.0 Å². The van der Waals surface area contributed by atoms with Gasteiger partial charge in [-0.25, -0.2) is 0 Å². The minimum atomic E-state index is 0.209. The second-order valence-electron chi connectivity index (χ2n) is 7.59. The average molecular weight is 375 g/mol. The summed E-state index contributed by atoms with van der Waals surface area (Å²) in [7, 11) is 1.70. The quantitative estimate of drug-likeness (QED) is 0.828. The van der Waals surface area contributed by atoms with Gasteiger partial charge in [-0.05, 0) is 55.0 Å². The number of hydrogen-bond acceptors (Lipinski definition) is 5. The van der Waals surface area contributed by atoms with Crippen LogP contribution in [0.1, 0.15) is 52.6 Å². The number of methoxy groups -OCH3 is 1. The summed E-state index contributed by atoms with van der Waals surface area (Å²) in [6, 6.07) is 2.03. The largest absolute Gasteiger partial charge is 0.377 e. The zero-order valence-electron chi connectivity index (χ0n) is 15.5. The van der Waals surface area contributed by atoms with Crippen molar-refractivity contribution in [3.8, 4) is 0 Å². The Labute approximate surface area is 158 Å². The van der Waals surface area contributed by atoms with Crippen molar-refractivity contribution < 1.29 is 9.53 Å². The molecule has 0 aromatic carbocycles. The number of thiophene rings is 1. The van der Waals surface area contributed by atoms with Crippen molar-refractivity contribution >= 4 is 17.2 Å². The standard InChI is InChI=1S/C19H26N4O2S/c1-14-4-12-26-17(14)18(24)22-9-6-19(7-10-22)5-3-15-20-21-16(13-25-2)23(15)11-8-19/h4,12H,3,5-11,13H2,1-2H3. The number of amides is 1. The van der Waals surface area contributed by atoms with Crippen molar-refractivity contribution in [1.29, 1.82) is 0 Å². The van der Waals surface area contributed by atoms with Gasteiger partial charge in [0.15, 0.2) is 5.82 Å². The second-order valence-corrected chi connectivity index (χ2v) is 8.51. The van der Waals surface area contributed by atoms with Gasteiger partial charge in [-0.1, -0.05) is 0 Å². The van der Waals surface area contributed by atoms with Crippen molar-refractivity contribution in [1.82, 2.24) is 19.7 Å². The molecule has 1 amide bonds. The Morgan fingerprint density at radius 3 is 2.69 bits per heavy atom. The van der Waals surface area contributed by atoms with E-state index in [9.17, 15) is 4.79 Å². The van der Waals surface area contributed by atoms with Gasteiger partial charge < -0.3 is 14.2 Å². The van der Waals surface area contributed by atoms with Crippen LogP contribution in [0.3, 0.4) is 0 Å². The fourth-order valence-corrected chi connectivity index (χ4v) is 5.21. The van der Waals surface area contributed by atoms with E-state index in [-0.39, 0.29) is 5.91 Å². The molecule has 0 unspecified atom stereocenters. The number of ether oxygens (including phenoxy) is 1. The van der Waals surface area contributed by atoms with E-state index in [0.717, 1.165) is 73.8 Å². The molecule has 1 spiro atoms. The number of aryl methyl sites for hydroxylation is 2. The van der Waals surface area contributed by atoms with Crippen LogP contribution in [-0.2, 0) is 24.3 Å². The lowest BCUT2D eigenvalue weighted by Gasteiger charge is -2.41. The molecule has 26 heavy (non-hydrogen) atoms. The number of carbonyl (C=O) groups is 1. The number of piperidine rings is 1. The third-order valence-corrected chi connectivity index (χ3v) is 7.09. The van der Waals surface area contributed by atoms with Crippen LogP contribution in [0.2, 0.25) is 0 Å². The summed E-state index contributed by atoms with van der Waals surface area (Å²) in [4.78, 5) is 15.7. The highest BCUT2D eigenvalue weighted by molar-refractivity contribution is 7.12. The lowest BCUT2D eigenvalue weighted by atomic mass is 9.72. The topological polar surface area (TPSA) is 60.3 Å². The fourth-order valence-electron chi connectivity index (χ4n) is 4.32. The van der Waals surface area contributed by atoms with Crippen LogP contribution >= 0.6 is 11.3 Å². The smallest absolute Gasteiger partial charge is 0.264 e. The molecule has 1 fully saturated rings. The van der Waals surface area contributed by atoms with Crippen LogP contribution in [-0.4, -0.2) is 45.8 Å². The third-order valence-electron chi connectivity index (χ3n) is 6.09. The molecule has 0 N–H and O–H groups in total. The molecule has 0 atom stereocenters. The maximum absolute atomic E-state index is 12.8. The normalized spacial score (nSPS) is 19.4. The maximum atomic E-state index is 12.8. The molecule has 2 aromatic heterocycles. The minimum absolute atomic E-state index is 0.209. The molecule has 140 valence electrons. The van der Waals surface area contributed by atoms with Crippen molar-refractivity contribution in [2.45, 2.75) is 52.2 Å². The minimum Gasteiger partial charge on any atom is -0.377 e. The zero-order chi connectivity index (χ0) is 18.1. The van der Waals surface area contributed by atoms with Gasteiger partial charge in [-0.15, -0.1) is 21.5 Å². The molecule has 2 aliphatic rings. The summed E-state index contributed by atoms with van der Waals surface area (Å²) >= 11 is 1.56. The number of hydrogen-bond donors (Lipinski definition) is 0. The van der Waals surface area contributed by atoms with Crippen molar-refractivity contribution in [3.63, 3.8) is 0 Å². The van der Waals surface area contributed by atoms with Gasteiger partial charge in [0.1, 0.15) is 12.4 Å². The average Bonchev–Trinajstić information content (AvgIpc) is 3.20. The Hall–Kier alpha value is -1.73. The molecule has 0 saturated carbocycles. The molecular formula is C19H26N4O2S. The molecule has 7 heteroatoms. The van der Waals surface area contributed by atoms with Crippen LogP contribution in [0.5, 0.6) is 0 Å². The number of carbonyl (C=O) groups excluding carboxylic acids is 1. The molecule has 0 bridgehead atoms. The molecule has 2 aromatic rings. The lowest BCUT2D eigenvalue weighted by molar-refractivity contribution is 0.0538. The maximum Gasteiger partial charge on any atom is 0.264 e. The summed E-state index contributed by atoms with van der Waals surface area (Å²) < 4.78 is 7.49. The van der Waals surface area contributed by atoms with E-state index in [1.807, 2.05) is 23.3 Å². The SMILES string of the molecule is COCc1nnc2n1CCC1(CC2)CCN(C(=O)c2sccc2C)CC1. The van der Waals surface area contributed by atoms with Crippen molar-refractivity contribution in [2.24, 2.45) is 5.41 Å². The zero-order valence-corrected chi connectivity index (χ0v) is 16.3. The number of aromatic nitrogens is 3. The van der Waals surface area contributed by atoms with E-state index in [2.05, 4.69) is 14.8 Å². The summed E-state index contributed by atoms with van der Waals surface area (Å²) in [5.41, 5.74) is 1.42. The van der Waals surface area contributed by atoms with Gasteiger partial charge in [0.2, 0.25) is 0 Å². The first-order valence-corrected chi connectivity index (χ1v) is 10.2. The first-order valence-electron chi connectivity index (χ1n) is 9.35. The van der Waals surface area contributed by atoms with Crippen LogP contribution in [0.4, 0.5) is 0 Å². The number of fused-ring (bicyclic) bond motifs is 1. The number of nitrogens with zero attached hydrogens (tertiary/aromatic N) is 4. The Morgan fingerprint density at radius 2 is 2.00 bits per heavy atom. The van der Waals surface area contributed by atoms with Crippen LogP contribution in [0.25, 0.3) is 0 Å². The van der Waals surface area contributed by atoms with Gasteiger partial charge in [-0.3, -0.25) is 4.79 Å². The molecule has 2 aliphatic heterocycles. The summed E-state index contributed by atoms with van der Waals surface area (Å²) in [6.07, 6.45) is 5.41. The predicted octanol–water partition coefficient (Wildman–Crippen LogP) is 3.05. The van der Waals surface area contributed by atoms with Crippen LogP contribution in [0.15, 0.2) is 11.4 Å². The number of likely N-dealkylation sites (tertiary alicyclic amines) is 1. The highest BCUT2D eigenvalue weighted by Crippen LogP contribution is 2.42. The molecule has 0 radical (unpaired) electrons.